The minimum atomic E-state index is -1.39. The standard InChI is InChI=1S/C24H28F2O2/c1-3-5-6-7-19-10-13-21(15-22(19)25)18-8-11-20(12-9-18)23-27-16-24(26,14-4-2)17-28-23/h3,5,8-13,15,23H,4,6-7,14,16-17H2,1-2H3. The third-order valence-corrected chi connectivity index (χ3v) is 5.07. The molecule has 1 heterocycles. The summed E-state index contributed by atoms with van der Waals surface area (Å²) in [6.45, 7) is 4.01. The lowest BCUT2D eigenvalue weighted by molar-refractivity contribution is -0.238. The van der Waals surface area contributed by atoms with Crippen LogP contribution >= 0.6 is 0 Å². The van der Waals surface area contributed by atoms with Crippen molar-refractivity contribution in [1.82, 2.24) is 0 Å². The van der Waals surface area contributed by atoms with E-state index in [9.17, 15) is 8.78 Å². The van der Waals surface area contributed by atoms with E-state index in [0.717, 1.165) is 35.1 Å². The number of aryl methyl sites for hydroxylation is 1. The van der Waals surface area contributed by atoms with Crippen LogP contribution in [0.5, 0.6) is 0 Å². The Morgan fingerprint density at radius 3 is 2.36 bits per heavy atom. The van der Waals surface area contributed by atoms with Crippen LogP contribution in [0.15, 0.2) is 54.6 Å². The Morgan fingerprint density at radius 1 is 1.07 bits per heavy atom. The zero-order valence-electron chi connectivity index (χ0n) is 16.6. The van der Waals surface area contributed by atoms with Gasteiger partial charge in [0.05, 0.1) is 13.2 Å². The normalized spacial score (nSPS) is 22.6. The van der Waals surface area contributed by atoms with Crippen LogP contribution in [0, 0.1) is 5.82 Å². The number of alkyl halides is 1. The molecule has 4 heteroatoms. The maximum absolute atomic E-state index is 14.4. The van der Waals surface area contributed by atoms with Crippen LogP contribution in [0.2, 0.25) is 0 Å². The van der Waals surface area contributed by atoms with Gasteiger partial charge in [-0.05, 0) is 48.9 Å². The molecule has 28 heavy (non-hydrogen) atoms. The minimum Gasteiger partial charge on any atom is -0.345 e. The Hall–Kier alpha value is -2.04. The van der Waals surface area contributed by atoms with Gasteiger partial charge in [-0.2, -0.15) is 0 Å². The lowest BCUT2D eigenvalue weighted by Gasteiger charge is -2.34. The molecule has 2 nitrogen and oxygen atoms in total. The Bertz CT molecular complexity index is 791. The molecule has 2 aromatic rings. The van der Waals surface area contributed by atoms with Crippen molar-refractivity contribution < 1.29 is 18.3 Å². The summed E-state index contributed by atoms with van der Waals surface area (Å²) in [6, 6.07) is 13.0. The van der Waals surface area contributed by atoms with Gasteiger partial charge >= 0.3 is 0 Å². The fourth-order valence-corrected chi connectivity index (χ4v) is 3.49. The molecule has 0 aliphatic carbocycles. The second-order valence-corrected chi connectivity index (χ2v) is 7.39. The molecule has 0 aromatic heterocycles. The Morgan fingerprint density at radius 2 is 1.75 bits per heavy atom. The fourth-order valence-electron chi connectivity index (χ4n) is 3.49. The van der Waals surface area contributed by atoms with E-state index in [2.05, 4.69) is 0 Å². The molecule has 0 saturated carbocycles. The molecule has 150 valence electrons. The second kappa shape index (κ2) is 9.44. The van der Waals surface area contributed by atoms with Gasteiger partial charge in [-0.1, -0.05) is 61.9 Å². The van der Waals surface area contributed by atoms with Crippen LogP contribution in [0.1, 0.15) is 50.5 Å². The van der Waals surface area contributed by atoms with Gasteiger partial charge in [-0.25, -0.2) is 8.78 Å². The second-order valence-electron chi connectivity index (χ2n) is 7.39. The van der Waals surface area contributed by atoms with E-state index in [1.54, 1.807) is 6.07 Å². The van der Waals surface area contributed by atoms with Gasteiger partial charge < -0.3 is 9.47 Å². The van der Waals surface area contributed by atoms with Gasteiger partial charge in [-0.3, -0.25) is 0 Å². The summed E-state index contributed by atoms with van der Waals surface area (Å²) in [5, 5.41) is 0. The highest BCUT2D eigenvalue weighted by molar-refractivity contribution is 5.64. The quantitative estimate of drug-likeness (QED) is 0.502. The molecule has 0 atom stereocenters. The molecule has 2 aromatic carbocycles. The van der Waals surface area contributed by atoms with Crippen LogP contribution in [0.4, 0.5) is 8.78 Å². The summed E-state index contributed by atoms with van der Waals surface area (Å²) < 4.78 is 40.0. The van der Waals surface area contributed by atoms with Crippen molar-refractivity contribution in [1.29, 1.82) is 0 Å². The predicted molar refractivity (Wildman–Crippen MR) is 108 cm³/mol. The number of ether oxygens (including phenoxy) is 2. The zero-order chi connectivity index (χ0) is 20.0. The van der Waals surface area contributed by atoms with E-state index in [0.29, 0.717) is 12.8 Å². The van der Waals surface area contributed by atoms with Crippen molar-refractivity contribution in [3.05, 3.63) is 71.6 Å². The van der Waals surface area contributed by atoms with E-state index in [1.807, 2.05) is 62.4 Å². The lowest BCUT2D eigenvalue weighted by atomic mass is 9.99. The summed E-state index contributed by atoms with van der Waals surface area (Å²) in [5.74, 6) is -0.180. The van der Waals surface area contributed by atoms with Crippen LogP contribution in [-0.4, -0.2) is 18.9 Å². The summed E-state index contributed by atoms with van der Waals surface area (Å²) in [7, 11) is 0. The van der Waals surface area contributed by atoms with Gasteiger partial charge in [-0.15, -0.1) is 0 Å². The predicted octanol–water partition coefficient (Wildman–Crippen LogP) is 6.56. The topological polar surface area (TPSA) is 18.5 Å². The monoisotopic (exact) mass is 386 g/mol. The van der Waals surface area contributed by atoms with Gasteiger partial charge in [0.1, 0.15) is 5.82 Å². The molecule has 0 unspecified atom stereocenters. The largest absolute Gasteiger partial charge is 0.345 e. The van der Waals surface area contributed by atoms with Gasteiger partial charge in [0, 0.05) is 5.56 Å². The number of allylic oxidation sites excluding steroid dienone is 2. The molecule has 1 saturated heterocycles. The minimum absolute atomic E-state index is 0.0488. The number of hydrogen-bond donors (Lipinski definition) is 0. The first-order valence-electron chi connectivity index (χ1n) is 9.97. The molecule has 3 rings (SSSR count). The van der Waals surface area contributed by atoms with Crippen molar-refractivity contribution in [3.8, 4) is 11.1 Å². The van der Waals surface area contributed by atoms with E-state index in [1.165, 1.54) is 0 Å². The fraction of sp³-hybridized carbons (Fsp3) is 0.417. The summed E-state index contributed by atoms with van der Waals surface area (Å²) in [5.41, 5.74) is 1.92. The van der Waals surface area contributed by atoms with Crippen LogP contribution in [-0.2, 0) is 15.9 Å². The maximum atomic E-state index is 14.4. The van der Waals surface area contributed by atoms with Crippen molar-refractivity contribution in [2.45, 2.75) is 51.5 Å². The van der Waals surface area contributed by atoms with Gasteiger partial charge in [0.15, 0.2) is 12.0 Å². The third-order valence-electron chi connectivity index (χ3n) is 5.07. The highest BCUT2D eigenvalue weighted by Gasteiger charge is 2.36. The number of hydrogen-bond acceptors (Lipinski definition) is 2. The Labute approximate surface area is 166 Å². The van der Waals surface area contributed by atoms with Crippen LogP contribution < -0.4 is 0 Å². The Kier molecular flexibility index (Phi) is 6.97. The summed E-state index contributed by atoms with van der Waals surface area (Å²) >= 11 is 0. The molecule has 0 amide bonds. The van der Waals surface area contributed by atoms with Crippen LogP contribution in [0.3, 0.4) is 0 Å². The first kappa shape index (κ1) is 20.7. The lowest BCUT2D eigenvalue weighted by Crippen LogP contribution is -2.41. The SMILES string of the molecule is CC=CCCc1ccc(-c2ccc(C3OCC(F)(CCC)CO3)cc2)cc1F. The molecule has 1 fully saturated rings. The highest BCUT2D eigenvalue weighted by atomic mass is 19.1. The van der Waals surface area contributed by atoms with E-state index in [-0.39, 0.29) is 19.0 Å². The highest BCUT2D eigenvalue weighted by Crippen LogP contribution is 2.33. The Balaban J connectivity index is 1.65. The smallest absolute Gasteiger partial charge is 0.184 e. The molecule has 0 spiro atoms. The third kappa shape index (κ3) is 5.06. The average molecular weight is 386 g/mol. The van der Waals surface area contributed by atoms with Crippen molar-refractivity contribution in [2.75, 3.05) is 13.2 Å². The number of rotatable bonds is 7. The van der Waals surface area contributed by atoms with Crippen LogP contribution in [0.25, 0.3) is 11.1 Å². The van der Waals surface area contributed by atoms with E-state index < -0.39 is 12.0 Å². The number of halogens is 2. The molecule has 0 radical (unpaired) electrons. The summed E-state index contributed by atoms with van der Waals surface area (Å²) in [4.78, 5) is 0. The molecule has 0 bridgehead atoms. The van der Waals surface area contributed by atoms with Crippen molar-refractivity contribution in [2.24, 2.45) is 0 Å². The molecule has 0 N–H and O–H groups in total. The maximum Gasteiger partial charge on any atom is 0.184 e. The van der Waals surface area contributed by atoms with E-state index >= 15 is 0 Å². The zero-order valence-corrected chi connectivity index (χ0v) is 16.6. The molecular formula is C24H28F2O2. The van der Waals surface area contributed by atoms with Crippen molar-refractivity contribution in [3.63, 3.8) is 0 Å². The molecule has 1 aliphatic rings. The van der Waals surface area contributed by atoms with Crippen molar-refractivity contribution >= 4 is 0 Å². The first-order valence-corrected chi connectivity index (χ1v) is 9.97. The molecule has 1 aliphatic heterocycles. The average Bonchev–Trinajstić information content (AvgIpc) is 2.70. The first-order chi connectivity index (χ1) is 13.5. The molecular weight excluding hydrogens is 358 g/mol. The van der Waals surface area contributed by atoms with Gasteiger partial charge in [0.25, 0.3) is 0 Å². The van der Waals surface area contributed by atoms with E-state index in [4.69, 9.17) is 9.47 Å². The number of benzene rings is 2. The summed E-state index contributed by atoms with van der Waals surface area (Å²) in [6.07, 6.45) is 6.19. The van der Waals surface area contributed by atoms with Gasteiger partial charge in [0.2, 0.25) is 0 Å².